The maximum Gasteiger partial charge on any atom is 0.147 e. The first-order valence-corrected chi connectivity index (χ1v) is 5.29. The number of aryl methyl sites for hydroxylation is 1. The van der Waals surface area contributed by atoms with Gasteiger partial charge in [-0.25, -0.2) is 0 Å². The summed E-state index contributed by atoms with van der Waals surface area (Å²) in [7, 11) is 1.56. The lowest BCUT2D eigenvalue weighted by molar-refractivity contribution is -0.128. The molecule has 1 atom stereocenters. The summed E-state index contributed by atoms with van der Waals surface area (Å²) in [5.74, 6) is 0.531. The van der Waals surface area contributed by atoms with Gasteiger partial charge in [0.15, 0.2) is 0 Å². The fraction of sp³-hybridized carbons (Fsp3) is 0.385. The molecule has 0 amide bonds. The molecule has 0 bridgehead atoms. The lowest BCUT2D eigenvalue weighted by atomic mass is 9.79. The van der Waals surface area contributed by atoms with Gasteiger partial charge in [-0.15, -0.1) is 0 Å². The standard InChI is InChI=1S/C13H14O3/c1-9(15)13(8-14)7-6-10-4-3-5-11(16-2)12(10)13/h3-5,8H,6-7H2,1-2H3/t13-/m1/s1. The second-order valence-electron chi connectivity index (χ2n) is 4.14. The summed E-state index contributed by atoms with van der Waals surface area (Å²) in [6.45, 7) is 1.47. The van der Waals surface area contributed by atoms with Gasteiger partial charge in [-0.1, -0.05) is 12.1 Å². The molecule has 1 aliphatic rings. The number of methoxy groups -OCH3 is 1. The molecule has 0 fully saturated rings. The topological polar surface area (TPSA) is 43.4 Å². The van der Waals surface area contributed by atoms with Crippen LogP contribution in [-0.2, 0) is 21.4 Å². The molecule has 1 aromatic rings. The molecule has 0 radical (unpaired) electrons. The number of carbonyl (C=O) groups excluding carboxylic acids is 2. The Morgan fingerprint density at radius 2 is 2.25 bits per heavy atom. The van der Waals surface area contributed by atoms with E-state index < -0.39 is 5.41 Å². The number of Topliss-reactive ketones (excluding diaryl/α,β-unsaturated/α-hetero) is 1. The Balaban J connectivity index is 2.68. The van der Waals surface area contributed by atoms with Crippen molar-refractivity contribution in [1.29, 1.82) is 0 Å². The predicted octanol–water partition coefficient (Wildman–Crippen LogP) is 1.67. The predicted molar refractivity (Wildman–Crippen MR) is 59.7 cm³/mol. The summed E-state index contributed by atoms with van der Waals surface area (Å²) in [4.78, 5) is 23.1. The Morgan fingerprint density at radius 3 is 2.81 bits per heavy atom. The van der Waals surface area contributed by atoms with Crippen LogP contribution >= 0.6 is 0 Å². The van der Waals surface area contributed by atoms with Crippen molar-refractivity contribution in [1.82, 2.24) is 0 Å². The Bertz CT molecular complexity index is 450. The minimum absolute atomic E-state index is 0.106. The average Bonchev–Trinajstić information content (AvgIpc) is 2.68. The summed E-state index contributed by atoms with van der Waals surface area (Å²) >= 11 is 0. The zero-order chi connectivity index (χ0) is 11.8. The Hall–Kier alpha value is -1.64. The van der Waals surface area contributed by atoms with Crippen LogP contribution in [0.5, 0.6) is 5.75 Å². The normalized spacial score (nSPS) is 22.6. The van der Waals surface area contributed by atoms with Gasteiger partial charge >= 0.3 is 0 Å². The van der Waals surface area contributed by atoms with E-state index >= 15 is 0 Å². The third-order valence-electron chi connectivity index (χ3n) is 3.40. The van der Waals surface area contributed by atoms with Gasteiger partial charge in [0.2, 0.25) is 0 Å². The first-order chi connectivity index (χ1) is 7.65. The lowest BCUT2D eigenvalue weighted by Gasteiger charge is -2.22. The fourth-order valence-corrected chi connectivity index (χ4v) is 2.47. The second-order valence-corrected chi connectivity index (χ2v) is 4.14. The lowest BCUT2D eigenvalue weighted by Crippen LogP contribution is -2.33. The van der Waals surface area contributed by atoms with Crippen LogP contribution in [0.4, 0.5) is 0 Å². The van der Waals surface area contributed by atoms with Gasteiger partial charge in [0.1, 0.15) is 23.2 Å². The molecule has 3 heteroatoms. The molecule has 0 aliphatic heterocycles. The molecule has 0 saturated carbocycles. The van der Waals surface area contributed by atoms with Gasteiger partial charge in [-0.05, 0) is 31.4 Å². The summed E-state index contributed by atoms with van der Waals surface area (Å²) in [5, 5.41) is 0. The molecule has 2 rings (SSSR count). The summed E-state index contributed by atoms with van der Waals surface area (Å²) in [6, 6.07) is 5.63. The van der Waals surface area contributed by atoms with Gasteiger partial charge in [-0.2, -0.15) is 0 Å². The molecule has 3 nitrogen and oxygen atoms in total. The van der Waals surface area contributed by atoms with E-state index in [1.807, 2.05) is 12.1 Å². The zero-order valence-corrected chi connectivity index (χ0v) is 9.45. The Labute approximate surface area is 94.4 Å². The highest BCUT2D eigenvalue weighted by molar-refractivity contribution is 6.04. The summed E-state index contributed by atoms with van der Waals surface area (Å²) < 4.78 is 5.25. The number of carbonyl (C=O) groups is 2. The first-order valence-electron chi connectivity index (χ1n) is 5.29. The maximum absolute atomic E-state index is 11.7. The van der Waals surface area contributed by atoms with E-state index in [9.17, 15) is 9.59 Å². The van der Waals surface area contributed by atoms with Crippen LogP contribution in [0.15, 0.2) is 18.2 Å². The molecular weight excluding hydrogens is 204 g/mol. The van der Waals surface area contributed by atoms with Crippen molar-refractivity contribution < 1.29 is 14.3 Å². The highest BCUT2D eigenvalue weighted by Gasteiger charge is 2.45. The molecule has 0 unspecified atom stereocenters. The van der Waals surface area contributed by atoms with Crippen LogP contribution in [0.25, 0.3) is 0 Å². The van der Waals surface area contributed by atoms with Crippen LogP contribution in [0.2, 0.25) is 0 Å². The van der Waals surface area contributed by atoms with E-state index in [4.69, 9.17) is 4.74 Å². The smallest absolute Gasteiger partial charge is 0.147 e. The van der Waals surface area contributed by atoms with Crippen molar-refractivity contribution in [3.63, 3.8) is 0 Å². The Morgan fingerprint density at radius 1 is 1.50 bits per heavy atom. The van der Waals surface area contributed by atoms with Crippen LogP contribution < -0.4 is 4.74 Å². The molecule has 1 aliphatic carbocycles. The van der Waals surface area contributed by atoms with Gasteiger partial charge < -0.3 is 9.53 Å². The SMILES string of the molecule is COc1cccc2c1[C@](C=O)(C(C)=O)CC2. The minimum atomic E-state index is -0.984. The number of hydrogen-bond donors (Lipinski definition) is 0. The van der Waals surface area contributed by atoms with Gasteiger partial charge in [0.05, 0.1) is 7.11 Å². The van der Waals surface area contributed by atoms with Gasteiger partial charge in [-0.3, -0.25) is 4.79 Å². The number of benzene rings is 1. The second kappa shape index (κ2) is 3.74. The largest absolute Gasteiger partial charge is 0.496 e. The van der Waals surface area contributed by atoms with Crippen LogP contribution in [0.1, 0.15) is 24.5 Å². The molecule has 16 heavy (non-hydrogen) atoms. The number of ketones is 1. The highest BCUT2D eigenvalue weighted by Crippen LogP contribution is 2.43. The maximum atomic E-state index is 11.7. The quantitative estimate of drug-likeness (QED) is 0.572. The third-order valence-corrected chi connectivity index (χ3v) is 3.40. The molecule has 0 aromatic heterocycles. The fourth-order valence-electron chi connectivity index (χ4n) is 2.47. The van der Waals surface area contributed by atoms with Gasteiger partial charge in [0.25, 0.3) is 0 Å². The summed E-state index contributed by atoms with van der Waals surface area (Å²) in [6.07, 6.45) is 2.08. The molecule has 0 spiro atoms. The van der Waals surface area contributed by atoms with Crippen molar-refractivity contribution in [2.45, 2.75) is 25.2 Å². The monoisotopic (exact) mass is 218 g/mol. The first kappa shape index (κ1) is 10.9. The van der Waals surface area contributed by atoms with Gasteiger partial charge in [0, 0.05) is 5.56 Å². The van der Waals surface area contributed by atoms with Crippen LogP contribution in [0.3, 0.4) is 0 Å². The average molecular weight is 218 g/mol. The number of hydrogen-bond acceptors (Lipinski definition) is 3. The van der Waals surface area contributed by atoms with Crippen LogP contribution in [0, 0.1) is 0 Å². The minimum Gasteiger partial charge on any atom is -0.496 e. The van der Waals surface area contributed by atoms with E-state index in [1.54, 1.807) is 13.2 Å². The highest BCUT2D eigenvalue weighted by atomic mass is 16.5. The zero-order valence-electron chi connectivity index (χ0n) is 9.45. The number of aldehydes is 1. The van der Waals surface area contributed by atoms with E-state index in [0.717, 1.165) is 23.8 Å². The molecule has 0 N–H and O–H groups in total. The van der Waals surface area contributed by atoms with E-state index in [-0.39, 0.29) is 5.78 Å². The number of ether oxygens (including phenoxy) is 1. The van der Waals surface area contributed by atoms with Crippen molar-refractivity contribution >= 4 is 12.1 Å². The Kier molecular flexibility index (Phi) is 2.54. The molecule has 1 aromatic carbocycles. The molecular formula is C13H14O3. The molecule has 0 saturated heterocycles. The number of rotatable bonds is 3. The van der Waals surface area contributed by atoms with E-state index in [2.05, 4.69) is 0 Å². The van der Waals surface area contributed by atoms with E-state index in [0.29, 0.717) is 12.2 Å². The molecule has 0 heterocycles. The number of fused-ring (bicyclic) bond motifs is 1. The van der Waals surface area contributed by atoms with Crippen molar-refractivity contribution in [3.8, 4) is 5.75 Å². The van der Waals surface area contributed by atoms with Crippen LogP contribution in [-0.4, -0.2) is 19.2 Å². The molecule has 84 valence electrons. The van der Waals surface area contributed by atoms with Crippen molar-refractivity contribution in [2.24, 2.45) is 0 Å². The van der Waals surface area contributed by atoms with Crippen molar-refractivity contribution in [2.75, 3.05) is 7.11 Å². The van der Waals surface area contributed by atoms with Crippen molar-refractivity contribution in [3.05, 3.63) is 29.3 Å². The van der Waals surface area contributed by atoms with E-state index in [1.165, 1.54) is 6.92 Å². The third kappa shape index (κ3) is 1.28. The summed E-state index contributed by atoms with van der Waals surface area (Å²) in [5.41, 5.74) is 0.823.